The Balaban J connectivity index is 3.70. The predicted molar refractivity (Wildman–Crippen MR) is 115 cm³/mol. The summed E-state index contributed by atoms with van der Waals surface area (Å²) in [7, 11) is 0. The molecule has 0 rings (SSSR count). The van der Waals surface area contributed by atoms with E-state index in [4.69, 9.17) is 0 Å². The molecule has 1 amide bonds. The Labute approximate surface area is 167 Å². The summed E-state index contributed by atoms with van der Waals surface area (Å²) in [5, 5.41) is 22.3. The lowest BCUT2D eigenvalue weighted by molar-refractivity contribution is -0.123. The Morgan fingerprint density at radius 2 is 1.37 bits per heavy atom. The Morgan fingerprint density at radius 1 is 0.852 bits per heavy atom. The molecule has 0 saturated carbocycles. The minimum Gasteiger partial charge on any atom is -0.394 e. The minimum atomic E-state index is -0.826. The van der Waals surface area contributed by atoms with Crippen molar-refractivity contribution in [3.8, 4) is 0 Å². The van der Waals surface area contributed by atoms with Gasteiger partial charge in [0.2, 0.25) is 5.91 Å². The molecule has 0 fully saturated rings. The SMILES string of the molecule is CCCCCCCCCCCC/C=C/[C@H](O)[C@H](CO)NC(=O)CCCCC. The van der Waals surface area contributed by atoms with Gasteiger partial charge in [-0.15, -0.1) is 0 Å². The maximum absolute atomic E-state index is 11.8. The standard InChI is InChI=1S/C23H45NO3/c1-3-5-7-8-9-10-11-12-13-14-15-17-18-22(26)21(20-25)24-23(27)19-16-6-4-2/h17-18,21-22,25-26H,3-16,19-20H2,1-2H3,(H,24,27)/b18-17+/t21-,22-/m0/s1. The highest BCUT2D eigenvalue weighted by atomic mass is 16.3. The lowest BCUT2D eigenvalue weighted by atomic mass is 10.1. The molecule has 2 atom stereocenters. The number of aliphatic hydroxyl groups is 2. The quantitative estimate of drug-likeness (QED) is 0.210. The summed E-state index contributed by atoms with van der Waals surface area (Å²) in [5.41, 5.74) is 0. The van der Waals surface area contributed by atoms with Gasteiger partial charge in [0.15, 0.2) is 0 Å². The molecule has 0 radical (unpaired) electrons. The number of amides is 1. The summed E-state index contributed by atoms with van der Waals surface area (Å²) in [6.07, 6.45) is 20.4. The zero-order valence-corrected chi connectivity index (χ0v) is 17.9. The molecular weight excluding hydrogens is 338 g/mol. The van der Waals surface area contributed by atoms with Crippen molar-refractivity contribution in [2.24, 2.45) is 0 Å². The van der Waals surface area contributed by atoms with Crippen LogP contribution in [0.3, 0.4) is 0 Å². The molecule has 0 aliphatic heterocycles. The average Bonchev–Trinajstić information content (AvgIpc) is 2.67. The Kier molecular flexibility index (Phi) is 19.2. The van der Waals surface area contributed by atoms with Crippen LogP contribution >= 0.6 is 0 Å². The fourth-order valence-electron chi connectivity index (χ4n) is 3.17. The normalized spacial score (nSPS) is 13.8. The second kappa shape index (κ2) is 19.9. The van der Waals surface area contributed by atoms with Crippen molar-refractivity contribution in [3.63, 3.8) is 0 Å². The van der Waals surface area contributed by atoms with E-state index in [0.717, 1.165) is 32.1 Å². The van der Waals surface area contributed by atoms with Crippen molar-refractivity contribution in [2.45, 2.75) is 122 Å². The van der Waals surface area contributed by atoms with E-state index in [2.05, 4.69) is 19.2 Å². The van der Waals surface area contributed by atoms with Gasteiger partial charge in [-0.2, -0.15) is 0 Å². The monoisotopic (exact) mass is 383 g/mol. The third kappa shape index (κ3) is 17.0. The highest BCUT2D eigenvalue weighted by Gasteiger charge is 2.17. The summed E-state index contributed by atoms with van der Waals surface area (Å²) in [6.45, 7) is 4.10. The molecular formula is C23H45NO3. The van der Waals surface area contributed by atoms with Crippen LogP contribution in [0.5, 0.6) is 0 Å². The largest absolute Gasteiger partial charge is 0.394 e. The second-order valence-electron chi connectivity index (χ2n) is 7.70. The molecule has 27 heavy (non-hydrogen) atoms. The number of allylic oxidation sites excluding steroid dienone is 1. The van der Waals surface area contributed by atoms with Crippen molar-refractivity contribution >= 4 is 5.91 Å². The molecule has 0 spiro atoms. The lowest BCUT2D eigenvalue weighted by Gasteiger charge is -2.19. The van der Waals surface area contributed by atoms with Crippen LogP contribution in [0.15, 0.2) is 12.2 Å². The van der Waals surface area contributed by atoms with E-state index in [0.29, 0.717) is 6.42 Å². The minimum absolute atomic E-state index is 0.0929. The van der Waals surface area contributed by atoms with E-state index >= 15 is 0 Å². The smallest absolute Gasteiger partial charge is 0.220 e. The Bertz CT molecular complexity index is 358. The number of carbonyl (C=O) groups is 1. The van der Waals surface area contributed by atoms with Gasteiger partial charge in [0, 0.05) is 6.42 Å². The molecule has 0 aliphatic rings. The summed E-state index contributed by atoms with van der Waals surface area (Å²) in [4.78, 5) is 11.8. The first-order valence-electron chi connectivity index (χ1n) is 11.4. The zero-order valence-electron chi connectivity index (χ0n) is 17.9. The van der Waals surface area contributed by atoms with Gasteiger partial charge in [0.1, 0.15) is 0 Å². The molecule has 0 aromatic heterocycles. The highest BCUT2D eigenvalue weighted by molar-refractivity contribution is 5.76. The molecule has 0 aromatic carbocycles. The van der Waals surface area contributed by atoms with Gasteiger partial charge in [0.25, 0.3) is 0 Å². The van der Waals surface area contributed by atoms with Gasteiger partial charge in [-0.05, 0) is 19.3 Å². The van der Waals surface area contributed by atoms with E-state index in [1.807, 2.05) is 6.08 Å². The molecule has 4 nitrogen and oxygen atoms in total. The van der Waals surface area contributed by atoms with Crippen LogP contribution in [0.2, 0.25) is 0 Å². The first-order chi connectivity index (χ1) is 13.2. The molecule has 0 aromatic rings. The molecule has 4 heteroatoms. The van der Waals surface area contributed by atoms with Crippen LogP contribution in [-0.2, 0) is 4.79 Å². The fraction of sp³-hybridized carbons (Fsp3) is 0.870. The maximum atomic E-state index is 11.8. The topological polar surface area (TPSA) is 69.6 Å². The Hall–Kier alpha value is -0.870. The lowest BCUT2D eigenvalue weighted by Crippen LogP contribution is -2.45. The number of nitrogens with one attached hydrogen (secondary N) is 1. The summed E-state index contributed by atoms with van der Waals surface area (Å²) >= 11 is 0. The first kappa shape index (κ1) is 26.1. The van der Waals surface area contributed by atoms with Gasteiger partial charge < -0.3 is 15.5 Å². The molecule has 0 saturated heterocycles. The molecule has 0 heterocycles. The van der Waals surface area contributed by atoms with Gasteiger partial charge in [-0.25, -0.2) is 0 Å². The number of unbranched alkanes of at least 4 members (excludes halogenated alkanes) is 12. The van der Waals surface area contributed by atoms with Gasteiger partial charge in [-0.1, -0.05) is 96.6 Å². The molecule has 0 unspecified atom stereocenters. The zero-order chi connectivity index (χ0) is 20.2. The Morgan fingerprint density at radius 3 is 1.93 bits per heavy atom. The third-order valence-electron chi connectivity index (χ3n) is 5.02. The van der Waals surface area contributed by atoms with Crippen molar-refractivity contribution in [3.05, 3.63) is 12.2 Å². The number of hydrogen-bond acceptors (Lipinski definition) is 3. The van der Waals surface area contributed by atoms with Crippen LogP contribution in [0.25, 0.3) is 0 Å². The summed E-state index contributed by atoms with van der Waals surface area (Å²) < 4.78 is 0. The van der Waals surface area contributed by atoms with Gasteiger partial charge >= 0.3 is 0 Å². The molecule has 3 N–H and O–H groups in total. The van der Waals surface area contributed by atoms with E-state index in [9.17, 15) is 15.0 Å². The van der Waals surface area contributed by atoms with Crippen LogP contribution in [0.1, 0.15) is 110 Å². The average molecular weight is 384 g/mol. The second-order valence-corrected chi connectivity index (χ2v) is 7.70. The van der Waals surface area contributed by atoms with Crippen molar-refractivity contribution in [1.29, 1.82) is 0 Å². The van der Waals surface area contributed by atoms with Crippen molar-refractivity contribution in [2.75, 3.05) is 6.61 Å². The van der Waals surface area contributed by atoms with Crippen LogP contribution in [0.4, 0.5) is 0 Å². The predicted octanol–water partition coefficient (Wildman–Crippen LogP) is 5.27. The van der Waals surface area contributed by atoms with Crippen molar-refractivity contribution < 1.29 is 15.0 Å². The van der Waals surface area contributed by atoms with E-state index in [-0.39, 0.29) is 12.5 Å². The summed E-state index contributed by atoms with van der Waals surface area (Å²) in [6, 6.07) is -0.608. The first-order valence-corrected chi connectivity index (χ1v) is 11.4. The van der Waals surface area contributed by atoms with Gasteiger partial charge in [-0.3, -0.25) is 4.79 Å². The molecule has 0 aliphatic carbocycles. The number of aliphatic hydroxyl groups excluding tert-OH is 2. The van der Waals surface area contributed by atoms with E-state index in [1.165, 1.54) is 57.8 Å². The van der Waals surface area contributed by atoms with E-state index < -0.39 is 12.1 Å². The van der Waals surface area contributed by atoms with Crippen LogP contribution < -0.4 is 5.32 Å². The highest BCUT2D eigenvalue weighted by Crippen LogP contribution is 2.11. The van der Waals surface area contributed by atoms with Crippen LogP contribution in [0, 0.1) is 0 Å². The maximum Gasteiger partial charge on any atom is 0.220 e. The van der Waals surface area contributed by atoms with E-state index in [1.54, 1.807) is 6.08 Å². The number of carbonyl (C=O) groups excluding carboxylic acids is 1. The van der Waals surface area contributed by atoms with Crippen LogP contribution in [-0.4, -0.2) is 34.9 Å². The number of rotatable bonds is 19. The van der Waals surface area contributed by atoms with Crippen molar-refractivity contribution in [1.82, 2.24) is 5.32 Å². The van der Waals surface area contributed by atoms with Gasteiger partial charge in [0.05, 0.1) is 18.8 Å². The number of hydrogen-bond donors (Lipinski definition) is 3. The molecule has 160 valence electrons. The fourth-order valence-corrected chi connectivity index (χ4v) is 3.17. The summed E-state index contributed by atoms with van der Waals surface area (Å²) in [5.74, 6) is -0.0929. The molecule has 0 bridgehead atoms. The third-order valence-corrected chi connectivity index (χ3v) is 5.02.